The molecule has 130 valence electrons. The van der Waals surface area contributed by atoms with Crippen LogP contribution < -0.4 is 0 Å². The SMILES string of the molecule is N#C/C(=C\c1ccc(Cl)cc1)c1nsc(/C(C#N)=C/c2ccc(Cl)cc2)n1. The first-order valence-corrected chi connectivity index (χ1v) is 9.21. The summed E-state index contributed by atoms with van der Waals surface area (Å²) in [5.41, 5.74) is 2.31. The first kappa shape index (κ1) is 18.8. The maximum atomic E-state index is 9.46. The maximum absolute atomic E-state index is 9.46. The Morgan fingerprint density at radius 2 is 1.30 bits per heavy atom. The van der Waals surface area contributed by atoms with Crippen LogP contribution in [0.4, 0.5) is 0 Å². The average molecular weight is 409 g/mol. The van der Waals surface area contributed by atoms with E-state index in [9.17, 15) is 10.5 Å². The van der Waals surface area contributed by atoms with Crippen molar-refractivity contribution in [2.75, 3.05) is 0 Å². The summed E-state index contributed by atoms with van der Waals surface area (Å²) in [6.45, 7) is 0. The number of hydrogen-bond donors (Lipinski definition) is 0. The topological polar surface area (TPSA) is 73.4 Å². The smallest absolute Gasteiger partial charge is 0.184 e. The third-order valence-corrected chi connectivity index (χ3v) is 4.75. The van der Waals surface area contributed by atoms with Gasteiger partial charge in [0.1, 0.15) is 12.1 Å². The lowest BCUT2D eigenvalue weighted by molar-refractivity contribution is 1.25. The Morgan fingerprint density at radius 3 is 1.78 bits per heavy atom. The molecule has 7 heteroatoms. The number of halogens is 2. The highest BCUT2D eigenvalue weighted by Gasteiger charge is 2.13. The number of nitriles is 2. The van der Waals surface area contributed by atoms with Crippen LogP contribution in [0.5, 0.6) is 0 Å². The summed E-state index contributed by atoms with van der Waals surface area (Å²) in [4.78, 5) is 4.35. The second-order valence-corrected chi connectivity index (χ2v) is 6.99. The molecule has 0 aliphatic carbocycles. The van der Waals surface area contributed by atoms with E-state index < -0.39 is 0 Å². The fraction of sp³-hybridized carbons (Fsp3) is 0. The molecular formula is C20H10Cl2N4S. The van der Waals surface area contributed by atoms with Gasteiger partial charge in [-0.2, -0.15) is 14.9 Å². The van der Waals surface area contributed by atoms with Crippen LogP contribution in [0.25, 0.3) is 23.3 Å². The van der Waals surface area contributed by atoms with Crippen molar-refractivity contribution in [1.82, 2.24) is 9.36 Å². The van der Waals surface area contributed by atoms with E-state index >= 15 is 0 Å². The van der Waals surface area contributed by atoms with E-state index in [1.54, 1.807) is 48.6 Å². The zero-order valence-electron chi connectivity index (χ0n) is 13.7. The van der Waals surface area contributed by atoms with Gasteiger partial charge in [0.05, 0.1) is 11.1 Å². The van der Waals surface area contributed by atoms with Crippen molar-refractivity contribution >= 4 is 58.0 Å². The van der Waals surface area contributed by atoms with E-state index in [0.717, 1.165) is 22.7 Å². The summed E-state index contributed by atoms with van der Waals surface area (Å²) < 4.78 is 4.23. The number of allylic oxidation sites excluding steroid dienone is 2. The number of benzene rings is 2. The highest BCUT2D eigenvalue weighted by Crippen LogP contribution is 2.24. The molecule has 0 aliphatic rings. The van der Waals surface area contributed by atoms with Gasteiger partial charge in [0, 0.05) is 10.0 Å². The summed E-state index contributed by atoms with van der Waals surface area (Å²) in [6, 6.07) is 18.4. The maximum Gasteiger partial charge on any atom is 0.184 e. The molecule has 0 bridgehead atoms. The molecule has 0 fully saturated rings. The van der Waals surface area contributed by atoms with Crippen molar-refractivity contribution in [3.05, 3.63) is 80.5 Å². The van der Waals surface area contributed by atoms with Crippen LogP contribution in [0.15, 0.2) is 48.5 Å². The molecular weight excluding hydrogens is 399 g/mol. The largest absolute Gasteiger partial charge is 0.213 e. The Hall–Kier alpha value is -2.96. The molecule has 0 unspecified atom stereocenters. The minimum Gasteiger partial charge on any atom is -0.213 e. The minimum atomic E-state index is 0.282. The van der Waals surface area contributed by atoms with Crippen molar-refractivity contribution in [2.45, 2.75) is 0 Å². The molecule has 0 aliphatic heterocycles. The Balaban J connectivity index is 1.92. The van der Waals surface area contributed by atoms with Gasteiger partial charge in [-0.3, -0.25) is 0 Å². The number of nitrogens with zero attached hydrogens (tertiary/aromatic N) is 4. The molecule has 0 saturated heterocycles. The van der Waals surface area contributed by atoms with Crippen molar-refractivity contribution in [3.63, 3.8) is 0 Å². The van der Waals surface area contributed by atoms with Gasteiger partial charge in [0.15, 0.2) is 10.8 Å². The van der Waals surface area contributed by atoms with E-state index in [2.05, 4.69) is 21.5 Å². The van der Waals surface area contributed by atoms with Crippen molar-refractivity contribution in [2.24, 2.45) is 0 Å². The average Bonchev–Trinajstić information content (AvgIpc) is 3.17. The molecule has 3 aromatic rings. The lowest BCUT2D eigenvalue weighted by atomic mass is 10.1. The fourth-order valence-corrected chi connectivity index (χ4v) is 3.08. The standard InChI is InChI=1S/C20H10Cl2N4S/c21-17-5-1-13(2-6-17)9-15(11-23)19-25-20(27-26-19)16(12-24)10-14-3-7-18(22)8-4-14/h1-10H/b15-9+,16-10+. The third-order valence-electron chi connectivity index (χ3n) is 3.50. The minimum absolute atomic E-state index is 0.282. The zero-order valence-corrected chi connectivity index (χ0v) is 16.1. The lowest BCUT2D eigenvalue weighted by Gasteiger charge is -1.96. The number of rotatable bonds is 4. The van der Waals surface area contributed by atoms with Crippen LogP contribution in [-0.2, 0) is 0 Å². The zero-order chi connectivity index (χ0) is 19.2. The molecule has 0 N–H and O–H groups in total. The molecule has 1 heterocycles. The predicted octanol–water partition coefficient (Wildman–Crippen LogP) is 5.97. The lowest BCUT2D eigenvalue weighted by Crippen LogP contribution is -1.87. The van der Waals surface area contributed by atoms with Crippen LogP contribution >= 0.6 is 34.7 Å². The van der Waals surface area contributed by atoms with Crippen LogP contribution in [0.3, 0.4) is 0 Å². The Morgan fingerprint density at radius 1 is 0.815 bits per heavy atom. The summed E-state index contributed by atoms with van der Waals surface area (Å²) in [6.07, 6.45) is 3.38. The normalized spacial score (nSPS) is 11.7. The van der Waals surface area contributed by atoms with E-state index in [1.165, 1.54) is 0 Å². The van der Waals surface area contributed by atoms with Crippen molar-refractivity contribution in [1.29, 1.82) is 10.5 Å². The van der Waals surface area contributed by atoms with Crippen LogP contribution in [0, 0.1) is 22.7 Å². The van der Waals surface area contributed by atoms with Gasteiger partial charge >= 0.3 is 0 Å². The third kappa shape index (κ3) is 4.81. The van der Waals surface area contributed by atoms with E-state index in [0.29, 0.717) is 26.2 Å². The van der Waals surface area contributed by atoms with Gasteiger partial charge in [0.2, 0.25) is 0 Å². The first-order chi connectivity index (χ1) is 13.1. The van der Waals surface area contributed by atoms with Crippen LogP contribution in [0.1, 0.15) is 22.0 Å². The second kappa shape index (κ2) is 8.62. The van der Waals surface area contributed by atoms with Crippen molar-refractivity contribution < 1.29 is 0 Å². The molecule has 4 nitrogen and oxygen atoms in total. The Labute approximate surface area is 170 Å². The first-order valence-electron chi connectivity index (χ1n) is 7.68. The summed E-state index contributed by atoms with van der Waals surface area (Å²) in [7, 11) is 0. The van der Waals surface area contributed by atoms with Gasteiger partial charge < -0.3 is 0 Å². The molecule has 0 saturated carbocycles. The number of aromatic nitrogens is 2. The van der Waals surface area contributed by atoms with Gasteiger partial charge in [-0.1, -0.05) is 47.5 Å². The van der Waals surface area contributed by atoms with E-state index in [4.69, 9.17) is 23.2 Å². The molecule has 3 rings (SSSR count). The summed E-state index contributed by atoms with van der Waals surface area (Å²) >= 11 is 12.8. The Kier molecular flexibility index (Phi) is 6.01. The van der Waals surface area contributed by atoms with E-state index in [1.807, 2.05) is 12.1 Å². The monoisotopic (exact) mass is 408 g/mol. The van der Waals surface area contributed by atoms with E-state index in [-0.39, 0.29) is 5.82 Å². The summed E-state index contributed by atoms with van der Waals surface area (Å²) in [5, 5.41) is 20.6. The fourth-order valence-electron chi connectivity index (χ4n) is 2.18. The van der Waals surface area contributed by atoms with Crippen LogP contribution in [-0.4, -0.2) is 9.36 Å². The molecule has 0 spiro atoms. The second-order valence-electron chi connectivity index (χ2n) is 5.37. The van der Waals surface area contributed by atoms with Crippen molar-refractivity contribution in [3.8, 4) is 12.1 Å². The molecule has 0 atom stereocenters. The molecule has 0 amide bonds. The molecule has 2 aromatic carbocycles. The number of hydrogen-bond acceptors (Lipinski definition) is 5. The van der Waals surface area contributed by atoms with Gasteiger partial charge in [-0.05, 0) is 59.1 Å². The highest BCUT2D eigenvalue weighted by molar-refractivity contribution is 7.06. The highest BCUT2D eigenvalue weighted by atomic mass is 35.5. The Bertz CT molecular complexity index is 1010. The summed E-state index contributed by atoms with van der Waals surface area (Å²) in [5.74, 6) is 0.282. The van der Waals surface area contributed by atoms with Gasteiger partial charge in [0.25, 0.3) is 0 Å². The van der Waals surface area contributed by atoms with Crippen LogP contribution in [0.2, 0.25) is 10.0 Å². The molecule has 0 radical (unpaired) electrons. The molecule has 27 heavy (non-hydrogen) atoms. The van der Waals surface area contributed by atoms with Gasteiger partial charge in [-0.25, -0.2) is 4.98 Å². The molecule has 1 aromatic heterocycles. The predicted molar refractivity (Wildman–Crippen MR) is 110 cm³/mol. The quantitative estimate of drug-likeness (QED) is 0.498. The van der Waals surface area contributed by atoms with Gasteiger partial charge in [-0.15, -0.1) is 0 Å².